The van der Waals surface area contributed by atoms with Crippen molar-refractivity contribution in [3.63, 3.8) is 0 Å². The van der Waals surface area contributed by atoms with E-state index < -0.39 is 5.97 Å². The van der Waals surface area contributed by atoms with Crippen LogP contribution in [-0.4, -0.2) is 35.0 Å². The molecular weight excluding hydrogens is 266 g/mol. The number of carbonyl (C=O) groups excluding carboxylic acids is 1. The molecule has 4 nitrogen and oxygen atoms in total. The maximum Gasteiger partial charge on any atom is 0.303 e. The number of likely N-dealkylation sites (tertiary alicyclic amines) is 1. The molecule has 1 aliphatic carbocycles. The molecule has 1 saturated carbocycles. The van der Waals surface area contributed by atoms with Crippen LogP contribution in [0.3, 0.4) is 0 Å². The highest BCUT2D eigenvalue weighted by atomic mass is 16.4. The lowest BCUT2D eigenvalue weighted by Gasteiger charge is -2.46. The number of piperidine rings is 1. The van der Waals surface area contributed by atoms with Crippen LogP contribution >= 0.6 is 0 Å². The molecule has 21 heavy (non-hydrogen) atoms. The highest BCUT2D eigenvalue weighted by Gasteiger charge is 2.46. The van der Waals surface area contributed by atoms with Gasteiger partial charge in [0.25, 0.3) is 0 Å². The van der Waals surface area contributed by atoms with Crippen molar-refractivity contribution in [1.29, 1.82) is 0 Å². The Bertz CT molecular complexity index is 387. The molecule has 120 valence electrons. The third-order valence-corrected chi connectivity index (χ3v) is 5.14. The molecule has 0 spiro atoms. The number of carboxylic acid groups (broad SMARTS) is 1. The van der Waals surface area contributed by atoms with E-state index in [1.54, 1.807) is 0 Å². The Morgan fingerprint density at radius 1 is 1.29 bits per heavy atom. The third kappa shape index (κ3) is 3.98. The number of amides is 1. The molecule has 0 radical (unpaired) electrons. The maximum absolute atomic E-state index is 12.9. The third-order valence-electron chi connectivity index (χ3n) is 5.14. The van der Waals surface area contributed by atoms with Crippen LogP contribution in [0.1, 0.15) is 65.2 Å². The van der Waals surface area contributed by atoms with E-state index in [1.165, 1.54) is 6.42 Å². The van der Waals surface area contributed by atoms with Crippen LogP contribution in [0.25, 0.3) is 0 Å². The summed E-state index contributed by atoms with van der Waals surface area (Å²) in [5.41, 5.74) is -0.0944. The summed E-state index contributed by atoms with van der Waals surface area (Å²) in [5, 5.41) is 8.81. The van der Waals surface area contributed by atoms with Gasteiger partial charge in [-0.3, -0.25) is 9.59 Å². The van der Waals surface area contributed by atoms with E-state index in [4.69, 9.17) is 5.11 Å². The van der Waals surface area contributed by atoms with E-state index in [2.05, 4.69) is 13.8 Å². The zero-order valence-corrected chi connectivity index (χ0v) is 13.4. The Kier molecular flexibility index (Phi) is 5.28. The van der Waals surface area contributed by atoms with E-state index in [0.29, 0.717) is 24.2 Å². The lowest BCUT2D eigenvalue weighted by molar-refractivity contribution is -0.151. The van der Waals surface area contributed by atoms with Crippen LogP contribution < -0.4 is 0 Å². The Morgan fingerprint density at radius 2 is 2.00 bits per heavy atom. The fourth-order valence-electron chi connectivity index (χ4n) is 4.04. The molecule has 1 atom stereocenters. The number of rotatable bonds is 6. The fraction of sp³-hybridized carbons (Fsp3) is 0.882. The minimum absolute atomic E-state index is 0.0944. The van der Waals surface area contributed by atoms with Gasteiger partial charge in [-0.2, -0.15) is 0 Å². The summed E-state index contributed by atoms with van der Waals surface area (Å²) in [6.45, 7) is 6.02. The minimum atomic E-state index is -0.728. The Balaban J connectivity index is 1.93. The molecule has 1 heterocycles. The van der Waals surface area contributed by atoms with Crippen molar-refractivity contribution >= 4 is 11.9 Å². The van der Waals surface area contributed by atoms with Crippen LogP contribution in [0.2, 0.25) is 0 Å². The van der Waals surface area contributed by atoms with Gasteiger partial charge in [-0.1, -0.05) is 20.3 Å². The predicted molar refractivity (Wildman–Crippen MR) is 81.9 cm³/mol. The molecule has 0 aromatic carbocycles. The van der Waals surface area contributed by atoms with Crippen LogP contribution in [0.5, 0.6) is 0 Å². The average Bonchev–Trinajstić information content (AvgIpc) is 2.40. The standard InChI is InChI=1S/C17H29NO3/c1-13(2)11-17(8-4-9-17)16(21)18-10-3-5-14(12-18)6-7-15(19)20/h13-14H,3-12H2,1-2H3,(H,19,20). The van der Waals surface area contributed by atoms with Crippen LogP contribution in [0.15, 0.2) is 0 Å². The quantitative estimate of drug-likeness (QED) is 0.818. The topological polar surface area (TPSA) is 57.6 Å². The number of nitrogens with zero attached hydrogens (tertiary/aromatic N) is 1. The predicted octanol–water partition coefficient (Wildman–Crippen LogP) is 3.31. The second-order valence-electron chi connectivity index (χ2n) is 7.42. The highest BCUT2D eigenvalue weighted by Crippen LogP contribution is 2.47. The van der Waals surface area contributed by atoms with Gasteiger partial charge in [0, 0.05) is 24.9 Å². The van der Waals surface area contributed by atoms with Gasteiger partial charge in [-0.25, -0.2) is 0 Å². The Morgan fingerprint density at radius 3 is 2.52 bits per heavy atom. The molecule has 4 heteroatoms. The van der Waals surface area contributed by atoms with E-state index in [1.807, 2.05) is 4.90 Å². The van der Waals surface area contributed by atoms with Gasteiger partial charge in [0.1, 0.15) is 0 Å². The van der Waals surface area contributed by atoms with E-state index in [9.17, 15) is 9.59 Å². The van der Waals surface area contributed by atoms with Crippen molar-refractivity contribution in [3.8, 4) is 0 Å². The number of hydrogen-bond acceptors (Lipinski definition) is 2. The number of hydrogen-bond donors (Lipinski definition) is 1. The number of aliphatic carboxylic acids is 1. The molecule has 0 bridgehead atoms. The average molecular weight is 295 g/mol. The summed E-state index contributed by atoms with van der Waals surface area (Å²) in [5.74, 6) is 0.549. The Hall–Kier alpha value is -1.06. The van der Waals surface area contributed by atoms with Crippen LogP contribution in [0, 0.1) is 17.3 Å². The molecular formula is C17H29NO3. The fourth-order valence-corrected chi connectivity index (χ4v) is 4.04. The molecule has 2 rings (SSSR count). The summed E-state index contributed by atoms with van der Waals surface area (Å²) in [6, 6.07) is 0. The van der Waals surface area contributed by atoms with Crippen LogP contribution in [-0.2, 0) is 9.59 Å². The van der Waals surface area contributed by atoms with Gasteiger partial charge in [-0.15, -0.1) is 0 Å². The molecule has 2 aliphatic rings. The van der Waals surface area contributed by atoms with Crippen molar-refractivity contribution in [2.45, 2.75) is 65.2 Å². The molecule has 0 aromatic heterocycles. The molecule has 1 aliphatic heterocycles. The summed E-state index contributed by atoms with van der Waals surface area (Å²) >= 11 is 0. The normalized spacial score (nSPS) is 24.7. The minimum Gasteiger partial charge on any atom is -0.481 e. The number of carboxylic acids is 1. The van der Waals surface area contributed by atoms with Gasteiger partial charge in [0.05, 0.1) is 0 Å². The summed E-state index contributed by atoms with van der Waals surface area (Å²) in [4.78, 5) is 25.7. The first kappa shape index (κ1) is 16.3. The first-order valence-corrected chi connectivity index (χ1v) is 8.44. The molecule has 1 amide bonds. The van der Waals surface area contributed by atoms with Crippen molar-refractivity contribution in [1.82, 2.24) is 4.90 Å². The molecule has 1 unspecified atom stereocenters. The zero-order valence-electron chi connectivity index (χ0n) is 13.4. The van der Waals surface area contributed by atoms with Crippen LogP contribution in [0.4, 0.5) is 0 Å². The molecule has 0 aromatic rings. The summed E-state index contributed by atoms with van der Waals surface area (Å²) in [7, 11) is 0. The molecule has 2 fully saturated rings. The van der Waals surface area contributed by atoms with Gasteiger partial charge in [-0.05, 0) is 50.4 Å². The van der Waals surface area contributed by atoms with Crippen molar-refractivity contribution < 1.29 is 14.7 Å². The zero-order chi connectivity index (χ0) is 15.5. The van der Waals surface area contributed by atoms with Gasteiger partial charge in [0.2, 0.25) is 5.91 Å². The first-order chi connectivity index (χ1) is 9.93. The SMILES string of the molecule is CC(C)CC1(C(=O)N2CCCC(CCC(=O)O)C2)CCC1. The van der Waals surface area contributed by atoms with Gasteiger partial charge >= 0.3 is 5.97 Å². The smallest absolute Gasteiger partial charge is 0.303 e. The van der Waals surface area contributed by atoms with Crippen molar-refractivity contribution in [3.05, 3.63) is 0 Å². The first-order valence-electron chi connectivity index (χ1n) is 8.44. The largest absolute Gasteiger partial charge is 0.481 e. The highest BCUT2D eigenvalue weighted by molar-refractivity contribution is 5.83. The van der Waals surface area contributed by atoms with E-state index >= 15 is 0 Å². The van der Waals surface area contributed by atoms with Gasteiger partial charge < -0.3 is 10.0 Å². The monoisotopic (exact) mass is 295 g/mol. The lowest BCUT2D eigenvalue weighted by Crippen LogP contribution is -2.51. The van der Waals surface area contributed by atoms with E-state index in [-0.39, 0.29) is 11.8 Å². The summed E-state index contributed by atoms with van der Waals surface area (Å²) < 4.78 is 0. The second kappa shape index (κ2) is 6.80. The lowest BCUT2D eigenvalue weighted by atomic mass is 9.63. The van der Waals surface area contributed by atoms with Gasteiger partial charge in [0.15, 0.2) is 0 Å². The summed E-state index contributed by atoms with van der Waals surface area (Å²) in [6.07, 6.45) is 7.28. The van der Waals surface area contributed by atoms with Crippen molar-refractivity contribution in [2.75, 3.05) is 13.1 Å². The second-order valence-corrected chi connectivity index (χ2v) is 7.42. The van der Waals surface area contributed by atoms with E-state index in [0.717, 1.165) is 45.2 Å². The Labute approximate surface area is 127 Å². The molecule has 1 saturated heterocycles. The number of carbonyl (C=O) groups is 2. The maximum atomic E-state index is 12.9. The van der Waals surface area contributed by atoms with Crippen molar-refractivity contribution in [2.24, 2.45) is 17.3 Å². The molecule has 1 N–H and O–H groups in total.